The van der Waals surface area contributed by atoms with Gasteiger partial charge in [-0.15, -0.1) is 0 Å². The number of anilines is 1. The largest absolute Gasteiger partial charge is 0.326 e. The summed E-state index contributed by atoms with van der Waals surface area (Å²) in [6.45, 7) is 4.08. The Bertz CT molecular complexity index is 473. The normalized spacial score (nSPS) is 17.9. The smallest absolute Gasteiger partial charge is 0.224 e. The quantitative estimate of drug-likeness (QED) is 0.866. The fourth-order valence-electron chi connectivity index (χ4n) is 2.31. The number of fused-ring (bicyclic) bond motifs is 1. The van der Waals surface area contributed by atoms with Crippen molar-refractivity contribution in [1.29, 1.82) is 0 Å². The minimum atomic E-state index is -0.279. The van der Waals surface area contributed by atoms with Crippen LogP contribution in [0.5, 0.6) is 0 Å². The first-order valence-electron chi connectivity index (χ1n) is 6.40. The molecule has 0 aliphatic carbocycles. The lowest BCUT2D eigenvalue weighted by molar-refractivity contribution is -0.116. The SMILES string of the molecule is CCC(C)C(N)c1cc(F)cc2c1NC(=O)CC2. The summed E-state index contributed by atoms with van der Waals surface area (Å²) >= 11 is 0. The Hall–Kier alpha value is -1.42. The number of nitrogens with one attached hydrogen (secondary N) is 1. The molecule has 0 aromatic heterocycles. The van der Waals surface area contributed by atoms with Crippen LogP contribution in [0, 0.1) is 11.7 Å². The van der Waals surface area contributed by atoms with E-state index in [-0.39, 0.29) is 23.7 Å². The number of halogens is 1. The van der Waals surface area contributed by atoms with E-state index in [1.807, 2.05) is 6.92 Å². The number of aryl methyl sites for hydroxylation is 1. The third-order valence-electron chi connectivity index (χ3n) is 3.72. The summed E-state index contributed by atoms with van der Waals surface area (Å²) in [4.78, 5) is 11.5. The van der Waals surface area contributed by atoms with Gasteiger partial charge in [-0.2, -0.15) is 0 Å². The Morgan fingerprint density at radius 3 is 2.83 bits per heavy atom. The highest BCUT2D eigenvalue weighted by Crippen LogP contribution is 2.34. The van der Waals surface area contributed by atoms with E-state index in [1.54, 1.807) is 0 Å². The molecule has 0 radical (unpaired) electrons. The van der Waals surface area contributed by atoms with Crippen molar-refractivity contribution < 1.29 is 9.18 Å². The molecule has 1 aliphatic heterocycles. The highest BCUT2D eigenvalue weighted by Gasteiger charge is 2.24. The van der Waals surface area contributed by atoms with Crippen LogP contribution in [0.4, 0.5) is 10.1 Å². The molecule has 98 valence electrons. The second kappa shape index (κ2) is 5.06. The Morgan fingerprint density at radius 1 is 1.44 bits per heavy atom. The summed E-state index contributed by atoms with van der Waals surface area (Å²) in [5.74, 6) is -0.0555. The van der Waals surface area contributed by atoms with Gasteiger partial charge in [0.05, 0.1) is 0 Å². The summed E-state index contributed by atoms with van der Waals surface area (Å²) in [6, 6.07) is 2.68. The van der Waals surface area contributed by atoms with Gasteiger partial charge in [0, 0.05) is 18.2 Å². The van der Waals surface area contributed by atoms with Crippen LogP contribution in [0.25, 0.3) is 0 Å². The molecule has 2 rings (SSSR count). The zero-order valence-electron chi connectivity index (χ0n) is 10.8. The molecule has 18 heavy (non-hydrogen) atoms. The number of hydrogen-bond donors (Lipinski definition) is 2. The molecule has 1 amide bonds. The lowest BCUT2D eigenvalue weighted by Crippen LogP contribution is -2.25. The van der Waals surface area contributed by atoms with Crippen LogP contribution < -0.4 is 11.1 Å². The lowest BCUT2D eigenvalue weighted by Gasteiger charge is -2.26. The second-order valence-electron chi connectivity index (χ2n) is 4.99. The molecule has 3 nitrogen and oxygen atoms in total. The van der Waals surface area contributed by atoms with Crippen LogP contribution >= 0.6 is 0 Å². The van der Waals surface area contributed by atoms with Crippen LogP contribution in [0.15, 0.2) is 12.1 Å². The number of benzene rings is 1. The molecule has 4 heteroatoms. The van der Waals surface area contributed by atoms with Crippen LogP contribution in [0.2, 0.25) is 0 Å². The maximum absolute atomic E-state index is 13.6. The molecule has 0 fully saturated rings. The van der Waals surface area contributed by atoms with Gasteiger partial charge in [0.1, 0.15) is 5.82 Å². The van der Waals surface area contributed by atoms with Crippen molar-refractivity contribution >= 4 is 11.6 Å². The number of hydrogen-bond acceptors (Lipinski definition) is 2. The van der Waals surface area contributed by atoms with E-state index in [4.69, 9.17) is 5.73 Å². The van der Waals surface area contributed by atoms with Gasteiger partial charge >= 0.3 is 0 Å². The van der Waals surface area contributed by atoms with Gasteiger partial charge in [-0.1, -0.05) is 20.3 Å². The third kappa shape index (κ3) is 2.38. The van der Waals surface area contributed by atoms with Gasteiger partial charge in [0.25, 0.3) is 0 Å². The van der Waals surface area contributed by atoms with Crippen molar-refractivity contribution in [3.05, 3.63) is 29.1 Å². The van der Waals surface area contributed by atoms with Crippen molar-refractivity contribution in [1.82, 2.24) is 0 Å². The Morgan fingerprint density at radius 2 is 2.17 bits per heavy atom. The molecule has 1 aromatic rings. The van der Waals surface area contributed by atoms with Gasteiger partial charge in [-0.3, -0.25) is 4.79 Å². The first-order valence-corrected chi connectivity index (χ1v) is 6.40. The highest BCUT2D eigenvalue weighted by atomic mass is 19.1. The molecule has 3 N–H and O–H groups in total. The minimum absolute atomic E-state index is 0.0216. The number of amides is 1. The molecule has 0 saturated carbocycles. The number of rotatable bonds is 3. The topological polar surface area (TPSA) is 55.1 Å². The van der Waals surface area contributed by atoms with E-state index < -0.39 is 0 Å². The van der Waals surface area contributed by atoms with Gasteiger partial charge in [-0.05, 0) is 35.6 Å². The summed E-state index contributed by atoms with van der Waals surface area (Å²) in [6.07, 6.45) is 1.91. The van der Waals surface area contributed by atoms with E-state index >= 15 is 0 Å². The molecular formula is C14H19FN2O. The number of nitrogens with two attached hydrogens (primary N) is 1. The Balaban J connectivity index is 2.46. The molecule has 1 heterocycles. The van der Waals surface area contributed by atoms with Crippen LogP contribution in [0.1, 0.15) is 43.9 Å². The fourth-order valence-corrected chi connectivity index (χ4v) is 2.31. The number of carbonyl (C=O) groups is 1. The van der Waals surface area contributed by atoms with Crippen molar-refractivity contribution in [2.45, 2.75) is 39.2 Å². The summed E-state index contributed by atoms with van der Waals surface area (Å²) < 4.78 is 13.6. The molecule has 1 aliphatic rings. The van der Waals surface area contributed by atoms with Gasteiger partial charge in [0.15, 0.2) is 0 Å². The molecule has 0 bridgehead atoms. The van der Waals surface area contributed by atoms with Gasteiger partial charge < -0.3 is 11.1 Å². The summed E-state index contributed by atoms with van der Waals surface area (Å²) in [7, 11) is 0. The molecule has 2 unspecified atom stereocenters. The van der Waals surface area contributed by atoms with E-state index in [9.17, 15) is 9.18 Å². The Labute approximate surface area is 107 Å². The van der Waals surface area contributed by atoms with E-state index in [0.29, 0.717) is 18.4 Å². The summed E-state index contributed by atoms with van der Waals surface area (Å²) in [5.41, 5.74) is 8.46. The average molecular weight is 250 g/mol. The maximum Gasteiger partial charge on any atom is 0.224 e. The van der Waals surface area contributed by atoms with Crippen molar-refractivity contribution in [2.75, 3.05) is 5.32 Å². The van der Waals surface area contributed by atoms with Crippen molar-refractivity contribution in [3.8, 4) is 0 Å². The maximum atomic E-state index is 13.6. The molecule has 0 spiro atoms. The van der Waals surface area contributed by atoms with Gasteiger partial charge in [-0.25, -0.2) is 4.39 Å². The molecular weight excluding hydrogens is 231 g/mol. The monoisotopic (exact) mass is 250 g/mol. The van der Waals surface area contributed by atoms with Crippen LogP contribution in [-0.2, 0) is 11.2 Å². The predicted octanol–water partition coefficient (Wildman–Crippen LogP) is 2.76. The van der Waals surface area contributed by atoms with Gasteiger partial charge in [0.2, 0.25) is 5.91 Å². The predicted molar refractivity (Wildman–Crippen MR) is 69.7 cm³/mol. The van der Waals surface area contributed by atoms with Crippen LogP contribution in [-0.4, -0.2) is 5.91 Å². The first-order chi connectivity index (χ1) is 8.52. The minimum Gasteiger partial charge on any atom is -0.326 e. The summed E-state index contributed by atoms with van der Waals surface area (Å²) in [5, 5.41) is 2.83. The zero-order chi connectivity index (χ0) is 13.3. The van der Waals surface area contributed by atoms with E-state index in [1.165, 1.54) is 12.1 Å². The lowest BCUT2D eigenvalue weighted by atomic mass is 9.88. The Kier molecular flexibility index (Phi) is 3.66. The standard InChI is InChI=1S/C14H19FN2O/c1-3-8(2)13(16)11-7-10(15)6-9-4-5-12(18)17-14(9)11/h6-8,13H,3-5,16H2,1-2H3,(H,17,18). The number of carbonyl (C=O) groups excluding carboxylic acids is 1. The zero-order valence-corrected chi connectivity index (χ0v) is 10.8. The first kappa shape index (κ1) is 13.0. The van der Waals surface area contributed by atoms with Crippen LogP contribution in [0.3, 0.4) is 0 Å². The second-order valence-corrected chi connectivity index (χ2v) is 4.99. The van der Waals surface area contributed by atoms with E-state index in [2.05, 4.69) is 12.2 Å². The molecule has 2 atom stereocenters. The average Bonchev–Trinajstić information content (AvgIpc) is 2.36. The van der Waals surface area contributed by atoms with Crippen molar-refractivity contribution in [2.24, 2.45) is 11.7 Å². The molecule has 1 aromatic carbocycles. The van der Waals surface area contributed by atoms with Crippen molar-refractivity contribution in [3.63, 3.8) is 0 Å². The third-order valence-corrected chi connectivity index (χ3v) is 3.72. The van der Waals surface area contributed by atoms with E-state index in [0.717, 1.165) is 17.7 Å². The molecule has 0 saturated heterocycles. The highest BCUT2D eigenvalue weighted by molar-refractivity contribution is 5.95. The fraction of sp³-hybridized carbons (Fsp3) is 0.500.